The third-order valence-electron chi connectivity index (χ3n) is 3.43. The van der Waals surface area contributed by atoms with E-state index in [9.17, 15) is 0 Å². The molecule has 1 saturated heterocycles. The molecule has 3 rings (SSSR count). The van der Waals surface area contributed by atoms with E-state index < -0.39 is 0 Å². The number of rotatable bonds is 5. The van der Waals surface area contributed by atoms with Crippen molar-refractivity contribution in [1.29, 1.82) is 0 Å². The molecule has 0 amide bonds. The van der Waals surface area contributed by atoms with Crippen molar-refractivity contribution in [3.8, 4) is 0 Å². The molecule has 0 aromatic carbocycles. The van der Waals surface area contributed by atoms with Crippen LogP contribution in [0.25, 0.3) is 0 Å². The summed E-state index contributed by atoms with van der Waals surface area (Å²) in [7, 11) is 0. The van der Waals surface area contributed by atoms with Crippen molar-refractivity contribution in [2.75, 3.05) is 29.9 Å². The Kier molecular flexibility index (Phi) is 4.49. The Labute approximate surface area is 128 Å². The lowest BCUT2D eigenvalue weighted by Crippen LogP contribution is -2.31. The molecule has 0 aliphatic carbocycles. The van der Waals surface area contributed by atoms with Gasteiger partial charge >= 0.3 is 0 Å². The molecule has 3 heterocycles. The van der Waals surface area contributed by atoms with Gasteiger partial charge in [-0.25, -0.2) is 4.98 Å². The molecule has 21 heavy (non-hydrogen) atoms. The smallest absolute Gasteiger partial charge is 0.231 e. The van der Waals surface area contributed by atoms with Crippen LogP contribution in [0, 0.1) is 0 Å². The molecular formula is C13H18ClN7. The van der Waals surface area contributed by atoms with Crippen LogP contribution in [0.3, 0.4) is 0 Å². The molecule has 0 spiro atoms. The number of hydrogen-bond donors (Lipinski definition) is 2. The normalized spacial score (nSPS) is 15.2. The van der Waals surface area contributed by atoms with Crippen LogP contribution in [-0.2, 0) is 6.42 Å². The number of hydrogen-bond acceptors (Lipinski definition) is 6. The van der Waals surface area contributed by atoms with E-state index in [0.717, 1.165) is 25.3 Å². The van der Waals surface area contributed by atoms with E-state index in [1.54, 1.807) is 6.20 Å². The summed E-state index contributed by atoms with van der Waals surface area (Å²) in [5.41, 5.74) is 0. The molecule has 0 atom stereocenters. The minimum Gasteiger partial charge on any atom is -0.354 e. The molecule has 0 saturated carbocycles. The molecule has 1 aliphatic rings. The van der Waals surface area contributed by atoms with E-state index in [-0.39, 0.29) is 5.28 Å². The summed E-state index contributed by atoms with van der Waals surface area (Å²) in [5.74, 6) is 2.11. The quantitative estimate of drug-likeness (QED) is 0.878. The summed E-state index contributed by atoms with van der Waals surface area (Å²) in [6.07, 6.45) is 7.93. The fraction of sp³-hybridized carbons (Fsp3) is 0.538. The van der Waals surface area contributed by atoms with Gasteiger partial charge in [0.15, 0.2) is 0 Å². The summed E-state index contributed by atoms with van der Waals surface area (Å²) >= 11 is 6.00. The average molecular weight is 308 g/mol. The van der Waals surface area contributed by atoms with Gasteiger partial charge in [-0.05, 0) is 30.9 Å². The van der Waals surface area contributed by atoms with Crippen LogP contribution in [0.4, 0.5) is 11.9 Å². The second-order valence-electron chi connectivity index (χ2n) is 4.99. The van der Waals surface area contributed by atoms with Gasteiger partial charge in [-0.2, -0.15) is 15.0 Å². The average Bonchev–Trinajstić information content (AvgIpc) is 3.01. The summed E-state index contributed by atoms with van der Waals surface area (Å²) in [6, 6.07) is 0. The first-order valence-electron chi connectivity index (χ1n) is 7.20. The van der Waals surface area contributed by atoms with E-state index in [0.29, 0.717) is 18.4 Å². The second-order valence-corrected chi connectivity index (χ2v) is 5.33. The van der Waals surface area contributed by atoms with Gasteiger partial charge in [0.1, 0.15) is 5.82 Å². The SMILES string of the molecule is Clc1nc(NCCc2ncc[nH]2)nc(N2CCCCC2)n1. The van der Waals surface area contributed by atoms with Crippen molar-refractivity contribution in [1.82, 2.24) is 24.9 Å². The number of piperidine rings is 1. The highest BCUT2D eigenvalue weighted by Crippen LogP contribution is 2.18. The number of halogens is 1. The Bertz CT molecular complexity index is 566. The lowest BCUT2D eigenvalue weighted by molar-refractivity contribution is 0.567. The standard InChI is InChI=1S/C13H18ClN7/c14-11-18-12(17-5-4-10-15-6-7-16-10)20-13(19-11)21-8-2-1-3-9-21/h6-7H,1-5,8-9H2,(H,15,16)(H,17,18,19,20). The Morgan fingerprint density at radius 1 is 1.19 bits per heavy atom. The molecule has 2 aromatic heterocycles. The van der Waals surface area contributed by atoms with Crippen molar-refractivity contribution < 1.29 is 0 Å². The summed E-state index contributed by atoms with van der Waals surface area (Å²) in [4.78, 5) is 22.2. The number of imidazole rings is 1. The Morgan fingerprint density at radius 3 is 2.81 bits per heavy atom. The van der Waals surface area contributed by atoms with Gasteiger partial charge < -0.3 is 15.2 Å². The van der Waals surface area contributed by atoms with Crippen LogP contribution in [0.2, 0.25) is 5.28 Å². The predicted octanol–water partition coefficient (Wildman–Crippen LogP) is 1.89. The zero-order valence-corrected chi connectivity index (χ0v) is 12.5. The van der Waals surface area contributed by atoms with E-state index >= 15 is 0 Å². The highest BCUT2D eigenvalue weighted by molar-refractivity contribution is 6.28. The molecule has 8 heteroatoms. The maximum absolute atomic E-state index is 6.00. The topological polar surface area (TPSA) is 82.6 Å². The van der Waals surface area contributed by atoms with Crippen LogP contribution in [0.15, 0.2) is 12.4 Å². The molecule has 0 unspecified atom stereocenters. The first kappa shape index (κ1) is 14.1. The van der Waals surface area contributed by atoms with E-state index in [2.05, 4.69) is 35.1 Å². The third-order valence-corrected chi connectivity index (χ3v) is 3.60. The van der Waals surface area contributed by atoms with Crippen molar-refractivity contribution in [2.24, 2.45) is 0 Å². The van der Waals surface area contributed by atoms with Gasteiger partial charge in [0.05, 0.1) is 0 Å². The van der Waals surface area contributed by atoms with E-state index in [1.807, 2.05) is 6.20 Å². The van der Waals surface area contributed by atoms with Crippen molar-refractivity contribution in [3.05, 3.63) is 23.5 Å². The van der Waals surface area contributed by atoms with Crippen LogP contribution in [-0.4, -0.2) is 44.6 Å². The van der Waals surface area contributed by atoms with Crippen molar-refractivity contribution in [2.45, 2.75) is 25.7 Å². The zero-order valence-electron chi connectivity index (χ0n) is 11.7. The van der Waals surface area contributed by atoms with Gasteiger partial charge in [0.2, 0.25) is 17.2 Å². The van der Waals surface area contributed by atoms with Crippen LogP contribution in [0.5, 0.6) is 0 Å². The van der Waals surface area contributed by atoms with Crippen molar-refractivity contribution >= 4 is 23.5 Å². The van der Waals surface area contributed by atoms with Gasteiger partial charge in [0, 0.05) is 38.4 Å². The summed E-state index contributed by atoms with van der Waals surface area (Å²) in [5, 5.41) is 3.40. The first-order chi connectivity index (χ1) is 10.3. The maximum Gasteiger partial charge on any atom is 0.231 e. The highest BCUT2D eigenvalue weighted by Gasteiger charge is 2.15. The van der Waals surface area contributed by atoms with E-state index in [4.69, 9.17) is 11.6 Å². The fourth-order valence-corrected chi connectivity index (χ4v) is 2.54. The zero-order chi connectivity index (χ0) is 14.5. The predicted molar refractivity (Wildman–Crippen MR) is 81.7 cm³/mol. The molecule has 1 aliphatic heterocycles. The number of aromatic amines is 1. The van der Waals surface area contributed by atoms with Crippen LogP contribution >= 0.6 is 11.6 Å². The number of anilines is 2. The van der Waals surface area contributed by atoms with Gasteiger partial charge in [-0.1, -0.05) is 0 Å². The molecule has 0 bridgehead atoms. The fourth-order valence-electron chi connectivity index (χ4n) is 2.38. The lowest BCUT2D eigenvalue weighted by Gasteiger charge is -2.26. The van der Waals surface area contributed by atoms with Crippen molar-refractivity contribution in [3.63, 3.8) is 0 Å². The van der Waals surface area contributed by atoms with Crippen LogP contribution in [0.1, 0.15) is 25.1 Å². The molecular weight excluding hydrogens is 290 g/mol. The maximum atomic E-state index is 6.00. The number of H-pyrrole nitrogens is 1. The highest BCUT2D eigenvalue weighted by atomic mass is 35.5. The Morgan fingerprint density at radius 2 is 2.05 bits per heavy atom. The van der Waals surface area contributed by atoms with Crippen LogP contribution < -0.4 is 10.2 Å². The number of nitrogens with one attached hydrogen (secondary N) is 2. The molecule has 112 valence electrons. The summed E-state index contributed by atoms with van der Waals surface area (Å²) < 4.78 is 0. The molecule has 0 radical (unpaired) electrons. The first-order valence-corrected chi connectivity index (χ1v) is 7.58. The third kappa shape index (κ3) is 3.81. The van der Waals surface area contributed by atoms with E-state index in [1.165, 1.54) is 19.3 Å². The largest absolute Gasteiger partial charge is 0.354 e. The second kappa shape index (κ2) is 6.71. The Balaban J connectivity index is 1.63. The monoisotopic (exact) mass is 307 g/mol. The minimum absolute atomic E-state index is 0.228. The van der Waals surface area contributed by atoms with Gasteiger partial charge in [-0.15, -0.1) is 0 Å². The minimum atomic E-state index is 0.228. The number of nitrogens with zero attached hydrogens (tertiary/aromatic N) is 5. The molecule has 2 N–H and O–H groups in total. The molecule has 2 aromatic rings. The molecule has 1 fully saturated rings. The lowest BCUT2D eigenvalue weighted by atomic mass is 10.1. The molecule has 7 nitrogen and oxygen atoms in total. The van der Waals surface area contributed by atoms with Gasteiger partial charge in [-0.3, -0.25) is 0 Å². The Hall–Kier alpha value is -1.89. The number of aromatic nitrogens is 5. The summed E-state index contributed by atoms with van der Waals surface area (Å²) in [6.45, 7) is 2.64. The van der Waals surface area contributed by atoms with Gasteiger partial charge in [0.25, 0.3) is 0 Å².